The summed E-state index contributed by atoms with van der Waals surface area (Å²) in [4.78, 5) is 4.41. The predicted molar refractivity (Wildman–Crippen MR) is 64.2 cm³/mol. The molecule has 1 aromatic carbocycles. The molecule has 0 spiro atoms. The summed E-state index contributed by atoms with van der Waals surface area (Å²) in [6.07, 6.45) is 5.19. The van der Waals surface area contributed by atoms with Gasteiger partial charge in [0, 0.05) is 12.5 Å². The Morgan fingerprint density at radius 3 is 2.69 bits per heavy atom. The van der Waals surface area contributed by atoms with Crippen molar-refractivity contribution in [3.8, 4) is 0 Å². The van der Waals surface area contributed by atoms with E-state index >= 15 is 0 Å². The largest absolute Gasteiger partial charge is 0.384 e. The van der Waals surface area contributed by atoms with Crippen molar-refractivity contribution in [1.29, 1.82) is 0 Å². The van der Waals surface area contributed by atoms with Crippen molar-refractivity contribution in [3.63, 3.8) is 0 Å². The van der Waals surface area contributed by atoms with Crippen LogP contribution in [-0.2, 0) is 6.42 Å². The second kappa shape index (κ2) is 3.67. The SMILES string of the molecule is Nc1c(Cc2ccccc2)ncn1C1CC1. The van der Waals surface area contributed by atoms with Gasteiger partial charge in [-0.2, -0.15) is 0 Å². The molecule has 0 radical (unpaired) electrons. The van der Waals surface area contributed by atoms with Gasteiger partial charge in [0.1, 0.15) is 5.82 Å². The number of hydrogen-bond acceptors (Lipinski definition) is 2. The van der Waals surface area contributed by atoms with Crippen LogP contribution in [0.4, 0.5) is 5.82 Å². The van der Waals surface area contributed by atoms with Crippen LogP contribution < -0.4 is 5.73 Å². The number of rotatable bonds is 3. The Labute approximate surface area is 94.9 Å². The molecular formula is C13H15N3. The van der Waals surface area contributed by atoms with E-state index in [1.807, 2.05) is 24.5 Å². The Kier molecular flexibility index (Phi) is 2.17. The molecular weight excluding hydrogens is 198 g/mol. The maximum Gasteiger partial charge on any atom is 0.127 e. The number of imidazole rings is 1. The first-order chi connectivity index (χ1) is 7.84. The predicted octanol–water partition coefficient (Wildman–Crippen LogP) is 2.39. The van der Waals surface area contributed by atoms with E-state index in [1.54, 1.807) is 0 Å². The van der Waals surface area contributed by atoms with E-state index in [4.69, 9.17) is 5.73 Å². The van der Waals surface area contributed by atoms with E-state index in [0.29, 0.717) is 6.04 Å². The third kappa shape index (κ3) is 1.69. The molecule has 16 heavy (non-hydrogen) atoms. The highest BCUT2D eigenvalue weighted by molar-refractivity contribution is 5.40. The highest BCUT2D eigenvalue weighted by atomic mass is 15.2. The van der Waals surface area contributed by atoms with Gasteiger partial charge < -0.3 is 10.3 Å². The Balaban J connectivity index is 1.84. The molecule has 1 aliphatic rings. The molecule has 3 heteroatoms. The number of nitrogen functional groups attached to an aromatic ring is 1. The molecule has 0 saturated heterocycles. The van der Waals surface area contributed by atoms with Crippen LogP contribution in [-0.4, -0.2) is 9.55 Å². The van der Waals surface area contributed by atoms with Crippen LogP contribution in [0.1, 0.15) is 30.1 Å². The smallest absolute Gasteiger partial charge is 0.127 e. The molecule has 3 nitrogen and oxygen atoms in total. The van der Waals surface area contributed by atoms with Crippen LogP contribution >= 0.6 is 0 Å². The molecule has 2 aromatic rings. The van der Waals surface area contributed by atoms with Crippen molar-refractivity contribution in [2.24, 2.45) is 0 Å². The molecule has 1 aromatic heterocycles. The van der Waals surface area contributed by atoms with Crippen LogP contribution in [0.5, 0.6) is 0 Å². The fraction of sp³-hybridized carbons (Fsp3) is 0.308. The van der Waals surface area contributed by atoms with Gasteiger partial charge in [0.2, 0.25) is 0 Å². The maximum absolute atomic E-state index is 6.09. The average molecular weight is 213 g/mol. The summed E-state index contributed by atoms with van der Waals surface area (Å²) < 4.78 is 2.11. The molecule has 0 atom stereocenters. The van der Waals surface area contributed by atoms with E-state index in [-0.39, 0.29) is 0 Å². The molecule has 82 valence electrons. The van der Waals surface area contributed by atoms with Crippen LogP contribution in [0.2, 0.25) is 0 Å². The molecule has 0 aliphatic heterocycles. The molecule has 1 heterocycles. The van der Waals surface area contributed by atoms with Gasteiger partial charge in [-0.15, -0.1) is 0 Å². The Morgan fingerprint density at radius 2 is 2.00 bits per heavy atom. The molecule has 0 unspecified atom stereocenters. The van der Waals surface area contributed by atoms with Gasteiger partial charge in [0.15, 0.2) is 0 Å². The highest BCUT2D eigenvalue weighted by Gasteiger charge is 2.26. The minimum Gasteiger partial charge on any atom is -0.384 e. The molecule has 1 saturated carbocycles. The lowest BCUT2D eigenvalue weighted by Crippen LogP contribution is -2.01. The van der Waals surface area contributed by atoms with E-state index in [0.717, 1.165) is 17.9 Å². The lowest BCUT2D eigenvalue weighted by molar-refractivity contribution is 0.750. The molecule has 1 aliphatic carbocycles. The van der Waals surface area contributed by atoms with Crippen molar-refractivity contribution >= 4 is 5.82 Å². The van der Waals surface area contributed by atoms with E-state index in [2.05, 4.69) is 21.7 Å². The van der Waals surface area contributed by atoms with Crippen molar-refractivity contribution < 1.29 is 0 Å². The lowest BCUT2D eigenvalue weighted by Gasteiger charge is -2.03. The first kappa shape index (κ1) is 9.46. The Hall–Kier alpha value is -1.77. The standard InChI is InChI=1S/C13H15N3/c14-13-12(8-10-4-2-1-3-5-10)15-9-16(13)11-6-7-11/h1-5,9,11H,6-8,14H2. The molecule has 0 amide bonds. The van der Waals surface area contributed by atoms with Gasteiger partial charge in [0.05, 0.1) is 12.0 Å². The number of nitrogens with two attached hydrogens (primary N) is 1. The first-order valence-electron chi connectivity index (χ1n) is 5.69. The summed E-state index contributed by atoms with van der Waals surface area (Å²) >= 11 is 0. The van der Waals surface area contributed by atoms with Gasteiger partial charge in [-0.1, -0.05) is 30.3 Å². The summed E-state index contributed by atoms with van der Waals surface area (Å²) in [6.45, 7) is 0. The molecule has 2 N–H and O–H groups in total. The fourth-order valence-electron chi connectivity index (χ4n) is 1.98. The van der Waals surface area contributed by atoms with E-state index < -0.39 is 0 Å². The van der Waals surface area contributed by atoms with Crippen LogP contribution in [0.25, 0.3) is 0 Å². The van der Waals surface area contributed by atoms with Gasteiger partial charge in [-0.3, -0.25) is 0 Å². The van der Waals surface area contributed by atoms with Crippen molar-refractivity contribution in [1.82, 2.24) is 9.55 Å². The van der Waals surface area contributed by atoms with Crippen molar-refractivity contribution in [3.05, 3.63) is 47.9 Å². The second-order valence-corrected chi connectivity index (χ2v) is 4.38. The van der Waals surface area contributed by atoms with Gasteiger partial charge in [-0.25, -0.2) is 4.98 Å². The summed E-state index contributed by atoms with van der Waals surface area (Å²) in [7, 11) is 0. The second-order valence-electron chi connectivity index (χ2n) is 4.38. The zero-order chi connectivity index (χ0) is 11.0. The van der Waals surface area contributed by atoms with Crippen LogP contribution in [0.15, 0.2) is 36.7 Å². The number of benzene rings is 1. The topological polar surface area (TPSA) is 43.8 Å². The van der Waals surface area contributed by atoms with Crippen molar-refractivity contribution in [2.75, 3.05) is 5.73 Å². The summed E-state index contributed by atoms with van der Waals surface area (Å²) in [5.74, 6) is 0.839. The minimum atomic E-state index is 0.608. The average Bonchev–Trinajstić information content (AvgIpc) is 3.08. The van der Waals surface area contributed by atoms with Gasteiger partial charge in [-0.05, 0) is 18.4 Å². The minimum absolute atomic E-state index is 0.608. The number of anilines is 1. The summed E-state index contributed by atoms with van der Waals surface area (Å²) in [5, 5.41) is 0. The van der Waals surface area contributed by atoms with Crippen molar-refractivity contribution in [2.45, 2.75) is 25.3 Å². The zero-order valence-electron chi connectivity index (χ0n) is 9.13. The maximum atomic E-state index is 6.09. The van der Waals surface area contributed by atoms with Gasteiger partial charge >= 0.3 is 0 Å². The molecule has 0 bridgehead atoms. The lowest BCUT2D eigenvalue weighted by atomic mass is 10.1. The monoisotopic (exact) mass is 213 g/mol. The third-order valence-electron chi connectivity index (χ3n) is 3.07. The zero-order valence-corrected chi connectivity index (χ0v) is 9.13. The highest BCUT2D eigenvalue weighted by Crippen LogP contribution is 2.37. The summed E-state index contributed by atoms with van der Waals surface area (Å²) in [6, 6.07) is 10.9. The van der Waals surface area contributed by atoms with E-state index in [9.17, 15) is 0 Å². The normalized spacial score (nSPS) is 15.2. The van der Waals surface area contributed by atoms with Crippen LogP contribution in [0, 0.1) is 0 Å². The molecule has 3 rings (SSSR count). The number of aromatic nitrogens is 2. The first-order valence-corrected chi connectivity index (χ1v) is 5.69. The third-order valence-corrected chi connectivity index (χ3v) is 3.07. The van der Waals surface area contributed by atoms with E-state index in [1.165, 1.54) is 18.4 Å². The number of nitrogens with zero attached hydrogens (tertiary/aromatic N) is 2. The summed E-state index contributed by atoms with van der Waals surface area (Å²) in [5.41, 5.74) is 8.35. The Morgan fingerprint density at radius 1 is 1.25 bits per heavy atom. The molecule has 1 fully saturated rings. The van der Waals surface area contributed by atoms with Crippen LogP contribution in [0.3, 0.4) is 0 Å². The quantitative estimate of drug-likeness (QED) is 0.850. The Bertz CT molecular complexity index is 483. The van der Waals surface area contributed by atoms with Gasteiger partial charge in [0.25, 0.3) is 0 Å². The fourth-order valence-corrected chi connectivity index (χ4v) is 1.98. The number of hydrogen-bond donors (Lipinski definition) is 1.